The molecule has 0 unspecified atom stereocenters. The molecular weight excluding hydrogens is 429 g/mol. The first-order chi connectivity index (χ1) is 12.8. The van der Waals surface area contributed by atoms with Crippen LogP contribution in [-0.4, -0.2) is 0 Å². The maximum absolute atomic E-state index is 3.42. The largest absolute Gasteiger partial charge is 0.309 e. The number of nitrogens with one attached hydrogen (secondary N) is 1. The van der Waals surface area contributed by atoms with Gasteiger partial charge >= 0.3 is 0 Å². The van der Waals surface area contributed by atoms with Gasteiger partial charge in [0.2, 0.25) is 0 Å². The van der Waals surface area contributed by atoms with Crippen LogP contribution in [-0.2, 0) is 13.1 Å². The third-order valence-corrected chi connectivity index (χ3v) is 5.02. The van der Waals surface area contributed by atoms with E-state index in [4.69, 9.17) is 0 Å². The van der Waals surface area contributed by atoms with E-state index >= 15 is 0 Å². The molecular formula is C24H22IN. The smallest absolute Gasteiger partial charge is 0.0208 e. The summed E-state index contributed by atoms with van der Waals surface area (Å²) in [5, 5.41) is 6.08. The predicted octanol–water partition coefficient (Wildman–Crippen LogP) is 6.42. The summed E-state index contributed by atoms with van der Waals surface area (Å²) in [4.78, 5) is 0. The zero-order chi connectivity index (χ0) is 18.0. The van der Waals surface area contributed by atoms with E-state index in [1.807, 2.05) is 12.1 Å². The average Bonchev–Trinajstić information content (AvgIpc) is 2.71. The number of benzene rings is 4. The quantitative estimate of drug-likeness (QED) is 0.353. The zero-order valence-electron chi connectivity index (χ0n) is 14.6. The first kappa shape index (κ1) is 18.6. The lowest BCUT2D eigenvalue weighted by Crippen LogP contribution is -2.12. The maximum Gasteiger partial charge on any atom is 0.0208 e. The summed E-state index contributed by atoms with van der Waals surface area (Å²) in [6, 6.07) is 35.7. The summed E-state index contributed by atoms with van der Waals surface area (Å²) in [6.07, 6.45) is 0. The number of halogens is 1. The molecule has 0 aliphatic rings. The van der Waals surface area contributed by atoms with E-state index in [0.717, 1.165) is 13.1 Å². The van der Waals surface area contributed by atoms with Gasteiger partial charge in [-0.1, -0.05) is 97.1 Å². The standard InChI is InChI=1S/C14H15N.C10H7I/c1-3-7-13(8-4-1)11-15-12-14-9-5-2-6-10-14;11-10-7-3-5-8-4-1-2-6-9(8)10/h1-10,15H,11-12H2;1-7H. The SMILES string of the molecule is Ic1cccc2ccccc12.c1ccc(CNCc2ccccc2)cc1. The summed E-state index contributed by atoms with van der Waals surface area (Å²) < 4.78 is 1.32. The van der Waals surface area contributed by atoms with Gasteiger partial charge in [0.25, 0.3) is 0 Å². The maximum atomic E-state index is 3.42. The number of hydrogen-bond acceptors (Lipinski definition) is 1. The van der Waals surface area contributed by atoms with Gasteiger partial charge in [0.1, 0.15) is 0 Å². The molecule has 0 saturated heterocycles. The Hall–Kier alpha value is -2.17. The first-order valence-corrected chi connectivity index (χ1v) is 9.82. The van der Waals surface area contributed by atoms with Gasteiger partial charge in [-0.3, -0.25) is 0 Å². The number of hydrogen-bond donors (Lipinski definition) is 1. The topological polar surface area (TPSA) is 12.0 Å². The summed E-state index contributed by atoms with van der Waals surface area (Å²) in [5.74, 6) is 0. The molecule has 4 rings (SSSR count). The Bertz CT molecular complexity index is 875. The van der Waals surface area contributed by atoms with Crippen LogP contribution in [0.4, 0.5) is 0 Å². The third kappa shape index (κ3) is 5.68. The predicted molar refractivity (Wildman–Crippen MR) is 120 cm³/mol. The second kappa shape index (κ2) is 10.1. The van der Waals surface area contributed by atoms with E-state index in [1.165, 1.54) is 25.5 Å². The van der Waals surface area contributed by atoms with Crippen molar-refractivity contribution in [2.75, 3.05) is 0 Å². The van der Waals surface area contributed by atoms with E-state index in [-0.39, 0.29) is 0 Å². The van der Waals surface area contributed by atoms with Crippen molar-refractivity contribution in [3.05, 3.63) is 118 Å². The van der Waals surface area contributed by atoms with Crippen molar-refractivity contribution in [3.63, 3.8) is 0 Å². The van der Waals surface area contributed by atoms with Crippen LogP contribution in [0.1, 0.15) is 11.1 Å². The van der Waals surface area contributed by atoms with Crippen LogP contribution in [0.25, 0.3) is 10.8 Å². The lowest BCUT2D eigenvalue weighted by molar-refractivity contribution is 0.693. The number of rotatable bonds is 4. The van der Waals surface area contributed by atoms with Crippen LogP contribution >= 0.6 is 22.6 Å². The van der Waals surface area contributed by atoms with Gasteiger partial charge in [0.15, 0.2) is 0 Å². The second-order valence-corrected chi connectivity index (χ2v) is 7.20. The summed E-state index contributed by atoms with van der Waals surface area (Å²) >= 11 is 2.36. The van der Waals surface area contributed by atoms with Crippen molar-refractivity contribution < 1.29 is 0 Å². The summed E-state index contributed by atoms with van der Waals surface area (Å²) in [7, 11) is 0. The Labute approximate surface area is 169 Å². The Morgan fingerprint density at radius 3 is 1.62 bits per heavy atom. The average molecular weight is 451 g/mol. The van der Waals surface area contributed by atoms with Crippen molar-refractivity contribution in [3.8, 4) is 0 Å². The molecule has 4 aromatic rings. The van der Waals surface area contributed by atoms with Gasteiger partial charge in [-0.2, -0.15) is 0 Å². The molecule has 4 aromatic carbocycles. The molecule has 0 amide bonds. The molecule has 0 bridgehead atoms. The fourth-order valence-corrected chi connectivity index (χ4v) is 3.43. The second-order valence-electron chi connectivity index (χ2n) is 6.04. The zero-order valence-corrected chi connectivity index (χ0v) is 16.8. The van der Waals surface area contributed by atoms with Crippen molar-refractivity contribution in [1.29, 1.82) is 0 Å². The molecule has 26 heavy (non-hydrogen) atoms. The van der Waals surface area contributed by atoms with E-state index in [9.17, 15) is 0 Å². The fraction of sp³-hybridized carbons (Fsp3) is 0.0833. The molecule has 0 atom stereocenters. The van der Waals surface area contributed by atoms with Crippen LogP contribution in [0.5, 0.6) is 0 Å². The Kier molecular flexibility index (Phi) is 7.23. The van der Waals surface area contributed by atoms with Crippen LogP contribution in [0, 0.1) is 3.57 Å². The molecule has 1 N–H and O–H groups in total. The van der Waals surface area contributed by atoms with Crippen molar-refractivity contribution in [2.45, 2.75) is 13.1 Å². The molecule has 2 heteroatoms. The molecule has 1 nitrogen and oxygen atoms in total. The van der Waals surface area contributed by atoms with Crippen LogP contribution in [0.3, 0.4) is 0 Å². The van der Waals surface area contributed by atoms with Gasteiger partial charge in [0, 0.05) is 16.7 Å². The van der Waals surface area contributed by atoms with Crippen molar-refractivity contribution >= 4 is 33.4 Å². The van der Waals surface area contributed by atoms with E-state index in [0.29, 0.717) is 0 Å². The van der Waals surface area contributed by atoms with Crippen LogP contribution in [0.15, 0.2) is 103 Å². The third-order valence-electron chi connectivity index (χ3n) is 4.08. The van der Waals surface area contributed by atoms with E-state index in [1.54, 1.807) is 0 Å². The highest BCUT2D eigenvalue weighted by Crippen LogP contribution is 2.19. The number of fused-ring (bicyclic) bond motifs is 1. The minimum atomic E-state index is 0.926. The molecule has 0 aliphatic carbocycles. The highest BCUT2D eigenvalue weighted by molar-refractivity contribution is 14.1. The van der Waals surface area contributed by atoms with Crippen LogP contribution < -0.4 is 5.32 Å². The summed E-state index contributed by atoms with van der Waals surface area (Å²) in [5.41, 5.74) is 2.65. The van der Waals surface area contributed by atoms with Crippen LogP contribution in [0.2, 0.25) is 0 Å². The first-order valence-electron chi connectivity index (χ1n) is 8.75. The molecule has 0 aliphatic heterocycles. The van der Waals surface area contributed by atoms with Gasteiger partial charge in [-0.05, 0) is 50.6 Å². The monoisotopic (exact) mass is 451 g/mol. The van der Waals surface area contributed by atoms with Gasteiger partial charge in [-0.15, -0.1) is 0 Å². The Morgan fingerprint density at radius 2 is 1.04 bits per heavy atom. The van der Waals surface area contributed by atoms with Gasteiger partial charge in [-0.25, -0.2) is 0 Å². The fourth-order valence-electron chi connectivity index (χ4n) is 2.73. The lowest BCUT2D eigenvalue weighted by atomic mass is 10.1. The van der Waals surface area contributed by atoms with Crippen molar-refractivity contribution in [1.82, 2.24) is 5.32 Å². The Balaban J connectivity index is 0.000000158. The normalized spacial score (nSPS) is 10.2. The van der Waals surface area contributed by atoms with E-state index < -0.39 is 0 Å². The highest BCUT2D eigenvalue weighted by atomic mass is 127. The van der Waals surface area contributed by atoms with Gasteiger partial charge < -0.3 is 5.32 Å². The molecule has 0 fully saturated rings. The van der Waals surface area contributed by atoms with Gasteiger partial charge in [0.05, 0.1) is 0 Å². The molecule has 0 heterocycles. The minimum Gasteiger partial charge on any atom is -0.309 e. The minimum absolute atomic E-state index is 0.926. The highest BCUT2D eigenvalue weighted by Gasteiger charge is 1.94. The van der Waals surface area contributed by atoms with E-state index in [2.05, 4.69) is 119 Å². The molecule has 0 aromatic heterocycles. The Morgan fingerprint density at radius 1 is 0.538 bits per heavy atom. The molecule has 0 saturated carbocycles. The molecule has 130 valence electrons. The summed E-state index contributed by atoms with van der Waals surface area (Å²) in [6.45, 7) is 1.85. The van der Waals surface area contributed by atoms with Crippen molar-refractivity contribution in [2.24, 2.45) is 0 Å². The molecule has 0 radical (unpaired) electrons. The molecule has 0 spiro atoms. The lowest BCUT2D eigenvalue weighted by Gasteiger charge is -2.04.